The molecule has 0 aliphatic carbocycles. The molecule has 18 heavy (non-hydrogen) atoms. The lowest BCUT2D eigenvalue weighted by Gasteiger charge is -2.26. The van der Waals surface area contributed by atoms with Gasteiger partial charge in [-0.3, -0.25) is 4.79 Å². The van der Waals surface area contributed by atoms with Gasteiger partial charge in [-0.05, 0) is 32.9 Å². The molecular weight excluding hydrogens is 228 g/mol. The lowest BCUT2D eigenvalue weighted by Crippen LogP contribution is -2.41. The van der Waals surface area contributed by atoms with Gasteiger partial charge in [0.05, 0.1) is 13.1 Å². The smallest absolute Gasteiger partial charge is 0.237 e. The largest absolute Gasteiger partial charge is 0.464 e. The highest BCUT2D eigenvalue weighted by Gasteiger charge is 2.18. The minimum atomic E-state index is 0.0703. The van der Waals surface area contributed by atoms with E-state index in [1.54, 1.807) is 11.0 Å². The van der Waals surface area contributed by atoms with Gasteiger partial charge in [-0.2, -0.15) is 0 Å². The van der Waals surface area contributed by atoms with Crippen LogP contribution in [0, 0.1) is 6.92 Å². The second kappa shape index (κ2) is 7.01. The molecule has 0 aromatic carbocycles. The number of carbonyl (C=O) groups excluding carboxylic acids is 1. The van der Waals surface area contributed by atoms with Crippen molar-refractivity contribution >= 4 is 5.91 Å². The van der Waals surface area contributed by atoms with E-state index in [2.05, 4.69) is 11.9 Å². The van der Waals surface area contributed by atoms with Crippen molar-refractivity contribution in [3.8, 4) is 0 Å². The Kier molecular flexibility index (Phi) is 5.65. The fourth-order valence-electron chi connectivity index (χ4n) is 1.68. The fraction of sp³-hybridized carbons (Fsp3) is 0.500. The summed E-state index contributed by atoms with van der Waals surface area (Å²) in [6.45, 7) is 11.0. The van der Waals surface area contributed by atoms with Crippen molar-refractivity contribution < 1.29 is 9.21 Å². The Morgan fingerprint density at radius 3 is 2.78 bits per heavy atom. The van der Waals surface area contributed by atoms with E-state index in [0.717, 1.165) is 11.5 Å². The van der Waals surface area contributed by atoms with Crippen LogP contribution in [-0.4, -0.2) is 29.9 Å². The minimum absolute atomic E-state index is 0.0703. The molecule has 0 saturated carbocycles. The maximum absolute atomic E-state index is 12.1. The average molecular weight is 250 g/mol. The monoisotopic (exact) mass is 250 g/mol. The molecule has 0 atom stereocenters. The number of hydrogen-bond acceptors (Lipinski definition) is 3. The number of carbonyl (C=O) groups is 1. The highest BCUT2D eigenvalue weighted by atomic mass is 16.3. The number of rotatable bonds is 7. The van der Waals surface area contributed by atoms with Crippen LogP contribution in [0.3, 0.4) is 0 Å². The summed E-state index contributed by atoms with van der Waals surface area (Å²) in [6, 6.07) is 3.97. The van der Waals surface area contributed by atoms with E-state index >= 15 is 0 Å². The fourth-order valence-corrected chi connectivity index (χ4v) is 1.68. The molecule has 1 aromatic rings. The quantitative estimate of drug-likeness (QED) is 0.595. The van der Waals surface area contributed by atoms with Gasteiger partial charge in [-0.15, -0.1) is 6.58 Å². The highest BCUT2D eigenvalue weighted by Crippen LogP contribution is 2.11. The van der Waals surface area contributed by atoms with Crippen LogP contribution in [0.25, 0.3) is 0 Å². The highest BCUT2D eigenvalue weighted by molar-refractivity contribution is 5.78. The summed E-state index contributed by atoms with van der Waals surface area (Å²) >= 11 is 0. The average Bonchev–Trinajstić information content (AvgIpc) is 2.71. The van der Waals surface area contributed by atoms with E-state index < -0.39 is 0 Å². The third kappa shape index (κ3) is 4.37. The summed E-state index contributed by atoms with van der Waals surface area (Å²) in [7, 11) is 0. The third-order valence-electron chi connectivity index (χ3n) is 2.63. The van der Waals surface area contributed by atoms with Crippen LogP contribution in [0.15, 0.2) is 29.2 Å². The zero-order valence-electron chi connectivity index (χ0n) is 11.4. The first-order chi connectivity index (χ1) is 8.54. The van der Waals surface area contributed by atoms with Gasteiger partial charge >= 0.3 is 0 Å². The summed E-state index contributed by atoms with van der Waals surface area (Å²) in [5.74, 6) is 1.75. The molecule has 0 aliphatic heterocycles. The SMILES string of the molecule is C=CCNCC(=O)N(Cc1ccc(C)o1)C(C)C. The van der Waals surface area contributed by atoms with Gasteiger partial charge in [0, 0.05) is 12.6 Å². The zero-order chi connectivity index (χ0) is 13.5. The second-order valence-electron chi connectivity index (χ2n) is 4.55. The van der Waals surface area contributed by atoms with Crippen molar-refractivity contribution in [1.29, 1.82) is 0 Å². The molecule has 4 heteroatoms. The van der Waals surface area contributed by atoms with Crippen LogP contribution in [0.4, 0.5) is 0 Å². The first-order valence-electron chi connectivity index (χ1n) is 6.21. The number of aryl methyl sites for hydroxylation is 1. The Morgan fingerprint density at radius 2 is 2.28 bits per heavy atom. The summed E-state index contributed by atoms with van der Waals surface area (Å²) in [6.07, 6.45) is 1.74. The molecule has 4 nitrogen and oxygen atoms in total. The van der Waals surface area contributed by atoms with Crippen molar-refractivity contribution in [3.63, 3.8) is 0 Å². The Hall–Kier alpha value is -1.55. The van der Waals surface area contributed by atoms with Crippen LogP contribution < -0.4 is 5.32 Å². The van der Waals surface area contributed by atoms with Crippen LogP contribution in [0.5, 0.6) is 0 Å². The van der Waals surface area contributed by atoms with E-state index in [9.17, 15) is 4.79 Å². The molecule has 0 radical (unpaired) electrons. The van der Waals surface area contributed by atoms with Crippen LogP contribution >= 0.6 is 0 Å². The van der Waals surface area contributed by atoms with Gasteiger partial charge in [-0.25, -0.2) is 0 Å². The third-order valence-corrected chi connectivity index (χ3v) is 2.63. The lowest BCUT2D eigenvalue weighted by molar-refractivity contribution is -0.132. The summed E-state index contributed by atoms with van der Waals surface area (Å²) in [5, 5.41) is 3.02. The van der Waals surface area contributed by atoms with E-state index in [1.807, 2.05) is 32.9 Å². The van der Waals surface area contributed by atoms with Crippen molar-refractivity contribution in [3.05, 3.63) is 36.3 Å². The van der Waals surface area contributed by atoms with Gasteiger partial charge in [-0.1, -0.05) is 6.08 Å². The number of nitrogens with one attached hydrogen (secondary N) is 1. The molecule has 1 amide bonds. The molecular formula is C14H22N2O2. The Labute approximate surface area is 109 Å². The van der Waals surface area contributed by atoms with Crippen molar-refractivity contribution in [1.82, 2.24) is 10.2 Å². The molecule has 1 heterocycles. The molecule has 0 bridgehead atoms. The molecule has 0 aliphatic rings. The van der Waals surface area contributed by atoms with Gasteiger partial charge in [0.25, 0.3) is 0 Å². The van der Waals surface area contributed by atoms with E-state index in [1.165, 1.54) is 0 Å². The van der Waals surface area contributed by atoms with Crippen molar-refractivity contribution in [2.75, 3.05) is 13.1 Å². The second-order valence-corrected chi connectivity index (χ2v) is 4.55. The van der Waals surface area contributed by atoms with Crippen molar-refractivity contribution in [2.24, 2.45) is 0 Å². The van der Waals surface area contributed by atoms with Gasteiger partial charge in [0.1, 0.15) is 11.5 Å². The molecule has 1 aromatic heterocycles. The molecule has 1 N–H and O–H groups in total. The maximum Gasteiger partial charge on any atom is 0.237 e. The van der Waals surface area contributed by atoms with Crippen LogP contribution in [-0.2, 0) is 11.3 Å². The predicted octanol–water partition coefficient (Wildman–Crippen LogP) is 2.10. The lowest BCUT2D eigenvalue weighted by atomic mass is 10.3. The van der Waals surface area contributed by atoms with E-state index in [0.29, 0.717) is 19.6 Å². The molecule has 0 spiro atoms. The first kappa shape index (κ1) is 14.5. The predicted molar refractivity (Wildman–Crippen MR) is 72.2 cm³/mol. The number of amides is 1. The number of furan rings is 1. The number of nitrogens with zero attached hydrogens (tertiary/aromatic N) is 1. The van der Waals surface area contributed by atoms with E-state index in [4.69, 9.17) is 4.42 Å². The Bertz CT molecular complexity index is 396. The molecule has 0 fully saturated rings. The first-order valence-corrected chi connectivity index (χ1v) is 6.21. The van der Waals surface area contributed by atoms with Crippen LogP contribution in [0.1, 0.15) is 25.4 Å². The Morgan fingerprint density at radius 1 is 1.56 bits per heavy atom. The molecule has 0 saturated heterocycles. The Balaban J connectivity index is 2.59. The van der Waals surface area contributed by atoms with Gasteiger partial charge in [0.2, 0.25) is 5.91 Å². The number of hydrogen-bond donors (Lipinski definition) is 1. The topological polar surface area (TPSA) is 45.5 Å². The summed E-state index contributed by atoms with van der Waals surface area (Å²) < 4.78 is 5.51. The maximum atomic E-state index is 12.1. The normalized spacial score (nSPS) is 10.7. The van der Waals surface area contributed by atoms with Gasteiger partial charge < -0.3 is 14.6 Å². The van der Waals surface area contributed by atoms with Crippen molar-refractivity contribution in [2.45, 2.75) is 33.4 Å². The summed E-state index contributed by atoms with van der Waals surface area (Å²) in [5.41, 5.74) is 0. The van der Waals surface area contributed by atoms with E-state index in [-0.39, 0.29) is 11.9 Å². The standard InChI is InChI=1S/C14H22N2O2/c1-5-8-15-9-14(17)16(11(2)3)10-13-7-6-12(4)18-13/h5-7,11,15H,1,8-10H2,2-4H3. The molecule has 0 unspecified atom stereocenters. The van der Waals surface area contributed by atoms with Crippen LogP contribution in [0.2, 0.25) is 0 Å². The van der Waals surface area contributed by atoms with Gasteiger partial charge in [0.15, 0.2) is 0 Å². The molecule has 100 valence electrons. The minimum Gasteiger partial charge on any atom is -0.464 e. The zero-order valence-corrected chi connectivity index (χ0v) is 11.4. The summed E-state index contributed by atoms with van der Waals surface area (Å²) in [4.78, 5) is 13.9. The molecule has 1 rings (SSSR count).